The SMILES string of the molecule is N#Cc1cnn2c(NCc3cc(Cl)cc(Cl)c3)cc(N[C@H]3CCCNC3)nc12. The molecule has 7 nitrogen and oxygen atoms in total. The van der Waals surface area contributed by atoms with Gasteiger partial charge in [0.25, 0.3) is 0 Å². The molecule has 9 heteroatoms. The van der Waals surface area contributed by atoms with Crippen LogP contribution in [0.4, 0.5) is 11.6 Å². The molecule has 0 aliphatic carbocycles. The second-order valence-corrected chi connectivity index (χ2v) is 7.62. The third-order valence-electron chi connectivity index (χ3n) is 4.64. The Morgan fingerprint density at radius 2 is 2.07 bits per heavy atom. The molecular weight excluding hydrogens is 397 g/mol. The van der Waals surface area contributed by atoms with Gasteiger partial charge < -0.3 is 16.0 Å². The van der Waals surface area contributed by atoms with Gasteiger partial charge in [-0.3, -0.25) is 0 Å². The van der Waals surface area contributed by atoms with Gasteiger partial charge in [-0.25, -0.2) is 4.98 Å². The fourth-order valence-corrected chi connectivity index (χ4v) is 3.90. The molecule has 28 heavy (non-hydrogen) atoms. The van der Waals surface area contributed by atoms with Crippen LogP contribution in [0.15, 0.2) is 30.5 Å². The van der Waals surface area contributed by atoms with Crippen molar-refractivity contribution in [3.05, 3.63) is 51.6 Å². The lowest BCUT2D eigenvalue weighted by Crippen LogP contribution is -2.38. The van der Waals surface area contributed by atoms with Crippen LogP contribution in [-0.4, -0.2) is 33.7 Å². The van der Waals surface area contributed by atoms with Crippen LogP contribution >= 0.6 is 23.2 Å². The first-order valence-corrected chi connectivity index (χ1v) is 9.83. The van der Waals surface area contributed by atoms with E-state index in [1.165, 1.54) is 6.20 Å². The molecule has 1 aromatic carbocycles. The maximum absolute atomic E-state index is 9.37. The number of nitriles is 1. The van der Waals surface area contributed by atoms with E-state index in [2.05, 4.69) is 32.1 Å². The third-order valence-corrected chi connectivity index (χ3v) is 5.07. The first kappa shape index (κ1) is 18.8. The molecule has 0 saturated carbocycles. The number of fused-ring (bicyclic) bond motifs is 1. The Bertz CT molecular complexity index is 1010. The summed E-state index contributed by atoms with van der Waals surface area (Å²) in [7, 11) is 0. The molecule has 1 aliphatic rings. The van der Waals surface area contributed by atoms with E-state index in [1.807, 2.05) is 18.2 Å². The fraction of sp³-hybridized carbons (Fsp3) is 0.316. The van der Waals surface area contributed by atoms with Crippen LogP contribution < -0.4 is 16.0 Å². The molecule has 1 atom stereocenters. The topological polar surface area (TPSA) is 90.1 Å². The monoisotopic (exact) mass is 415 g/mol. The number of piperidine rings is 1. The molecule has 4 rings (SSSR count). The van der Waals surface area contributed by atoms with Gasteiger partial charge in [-0.1, -0.05) is 23.2 Å². The number of hydrogen-bond acceptors (Lipinski definition) is 6. The normalized spacial score (nSPS) is 16.7. The lowest BCUT2D eigenvalue weighted by atomic mass is 10.1. The summed E-state index contributed by atoms with van der Waals surface area (Å²) in [6.07, 6.45) is 3.72. The van der Waals surface area contributed by atoms with Crippen LogP contribution in [0.2, 0.25) is 10.0 Å². The molecule has 0 bridgehead atoms. The minimum Gasteiger partial charge on any atom is -0.366 e. The molecule has 1 aliphatic heterocycles. The van der Waals surface area contributed by atoms with Gasteiger partial charge in [0.2, 0.25) is 0 Å². The molecule has 0 unspecified atom stereocenters. The quantitative estimate of drug-likeness (QED) is 0.588. The molecule has 3 aromatic rings. The van der Waals surface area contributed by atoms with Crippen LogP contribution in [0.1, 0.15) is 24.0 Å². The van der Waals surface area contributed by atoms with E-state index in [1.54, 1.807) is 10.6 Å². The van der Waals surface area contributed by atoms with Gasteiger partial charge in [0.1, 0.15) is 23.3 Å². The maximum Gasteiger partial charge on any atom is 0.177 e. The highest BCUT2D eigenvalue weighted by Crippen LogP contribution is 2.23. The summed E-state index contributed by atoms with van der Waals surface area (Å²) in [6.45, 7) is 2.44. The van der Waals surface area contributed by atoms with Crippen molar-refractivity contribution in [1.29, 1.82) is 5.26 Å². The number of rotatable bonds is 5. The van der Waals surface area contributed by atoms with Gasteiger partial charge in [0.05, 0.1) is 6.20 Å². The highest BCUT2D eigenvalue weighted by atomic mass is 35.5. The van der Waals surface area contributed by atoms with E-state index < -0.39 is 0 Å². The molecule has 1 fully saturated rings. The second kappa shape index (κ2) is 8.23. The highest BCUT2D eigenvalue weighted by molar-refractivity contribution is 6.34. The van der Waals surface area contributed by atoms with Crippen molar-refractivity contribution in [3.63, 3.8) is 0 Å². The Morgan fingerprint density at radius 1 is 1.25 bits per heavy atom. The van der Waals surface area contributed by atoms with Crippen molar-refractivity contribution in [1.82, 2.24) is 19.9 Å². The molecule has 1 saturated heterocycles. The Kier molecular flexibility index (Phi) is 5.53. The molecule has 144 valence electrons. The van der Waals surface area contributed by atoms with Crippen molar-refractivity contribution < 1.29 is 0 Å². The zero-order chi connectivity index (χ0) is 19.5. The molecule has 0 amide bonds. The summed E-state index contributed by atoms with van der Waals surface area (Å²) in [6, 6.07) is 9.77. The van der Waals surface area contributed by atoms with Gasteiger partial charge in [-0.2, -0.15) is 14.9 Å². The number of hydrogen-bond donors (Lipinski definition) is 3. The van der Waals surface area contributed by atoms with E-state index in [4.69, 9.17) is 23.2 Å². The molecule has 3 heterocycles. The van der Waals surface area contributed by atoms with Gasteiger partial charge in [0, 0.05) is 35.2 Å². The molecular formula is C19H19Cl2N7. The average molecular weight is 416 g/mol. The van der Waals surface area contributed by atoms with Crippen molar-refractivity contribution in [3.8, 4) is 6.07 Å². The predicted molar refractivity (Wildman–Crippen MR) is 111 cm³/mol. The van der Waals surface area contributed by atoms with Crippen LogP contribution in [0.5, 0.6) is 0 Å². The molecule has 2 aromatic heterocycles. The number of benzene rings is 1. The standard InChI is InChI=1S/C19H19Cl2N7/c20-14-4-12(5-15(21)6-14)9-24-18-7-17(26-16-2-1-3-23-11-16)27-19-13(8-22)10-25-28(18)19/h4-7,10,16,23-24H,1-3,9,11H2,(H,26,27)/t16-/m0/s1. The van der Waals surface area contributed by atoms with E-state index in [-0.39, 0.29) is 0 Å². The van der Waals surface area contributed by atoms with Crippen LogP contribution in [0.25, 0.3) is 5.65 Å². The van der Waals surface area contributed by atoms with Crippen molar-refractivity contribution in [2.45, 2.75) is 25.4 Å². The first-order valence-electron chi connectivity index (χ1n) is 9.07. The van der Waals surface area contributed by atoms with Gasteiger partial charge in [0.15, 0.2) is 5.65 Å². The summed E-state index contributed by atoms with van der Waals surface area (Å²) in [5, 5.41) is 25.0. The van der Waals surface area contributed by atoms with E-state index in [0.29, 0.717) is 39.7 Å². The number of anilines is 2. The van der Waals surface area contributed by atoms with E-state index >= 15 is 0 Å². The largest absolute Gasteiger partial charge is 0.366 e. The highest BCUT2D eigenvalue weighted by Gasteiger charge is 2.16. The summed E-state index contributed by atoms with van der Waals surface area (Å²) >= 11 is 12.2. The first-order chi connectivity index (χ1) is 13.6. The summed E-state index contributed by atoms with van der Waals surface area (Å²) < 4.78 is 1.63. The van der Waals surface area contributed by atoms with Crippen LogP contribution in [0.3, 0.4) is 0 Å². The summed E-state index contributed by atoms with van der Waals surface area (Å²) in [5.74, 6) is 1.44. The van der Waals surface area contributed by atoms with Crippen LogP contribution in [-0.2, 0) is 6.54 Å². The minimum atomic E-state index is 0.303. The smallest absolute Gasteiger partial charge is 0.177 e. The second-order valence-electron chi connectivity index (χ2n) is 6.75. The molecule has 0 spiro atoms. The lowest BCUT2D eigenvalue weighted by Gasteiger charge is -2.24. The number of nitrogens with zero attached hydrogens (tertiary/aromatic N) is 4. The predicted octanol–water partition coefficient (Wildman–Crippen LogP) is 3.68. The fourth-order valence-electron chi connectivity index (χ4n) is 3.33. The zero-order valence-electron chi connectivity index (χ0n) is 15.0. The van der Waals surface area contributed by atoms with Gasteiger partial charge >= 0.3 is 0 Å². The summed E-state index contributed by atoms with van der Waals surface area (Å²) in [5.41, 5.74) is 1.89. The summed E-state index contributed by atoms with van der Waals surface area (Å²) in [4.78, 5) is 4.60. The van der Waals surface area contributed by atoms with E-state index in [9.17, 15) is 5.26 Å². The van der Waals surface area contributed by atoms with Crippen molar-refractivity contribution in [2.75, 3.05) is 23.7 Å². The molecule has 3 N–H and O–H groups in total. The third kappa shape index (κ3) is 4.14. The lowest BCUT2D eigenvalue weighted by molar-refractivity contribution is 0.479. The van der Waals surface area contributed by atoms with Gasteiger partial charge in [-0.05, 0) is 43.1 Å². The Morgan fingerprint density at radius 3 is 2.79 bits per heavy atom. The Labute approximate surface area is 172 Å². The number of aromatic nitrogens is 3. The number of halogens is 2. The molecule has 0 radical (unpaired) electrons. The Balaban J connectivity index is 1.63. The zero-order valence-corrected chi connectivity index (χ0v) is 16.6. The number of nitrogens with one attached hydrogen (secondary N) is 3. The average Bonchev–Trinajstić information content (AvgIpc) is 3.09. The van der Waals surface area contributed by atoms with E-state index in [0.717, 1.165) is 37.3 Å². The minimum absolute atomic E-state index is 0.303. The maximum atomic E-state index is 9.37. The Hall–Kier alpha value is -2.53. The van der Waals surface area contributed by atoms with Crippen LogP contribution in [0, 0.1) is 11.3 Å². The van der Waals surface area contributed by atoms with Gasteiger partial charge in [-0.15, -0.1) is 0 Å². The van der Waals surface area contributed by atoms with Crippen molar-refractivity contribution in [2.24, 2.45) is 0 Å². The van der Waals surface area contributed by atoms with Crippen molar-refractivity contribution >= 4 is 40.5 Å².